The molecule has 0 radical (unpaired) electrons. The second-order valence-electron chi connectivity index (χ2n) is 6.07. The van der Waals surface area contributed by atoms with Crippen LogP contribution in [0.3, 0.4) is 0 Å². The van der Waals surface area contributed by atoms with Gasteiger partial charge in [0.2, 0.25) is 0 Å². The third-order valence-electron chi connectivity index (χ3n) is 4.07. The predicted octanol–water partition coefficient (Wildman–Crippen LogP) is 4.77. The number of ether oxygens (including phenoxy) is 1. The van der Waals surface area contributed by atoms with E-state index in [1.165, 1.54) is 0 Å². The standard InChI is InChI=1S/C18H29O5P/c1-7-21-24(20,22-8-2)18(6,17(19)23-14(3)4)15(5)16-12-10-9-11-13-16/h9-15H,7-8H2,1-6H3/t15-,18-/m0/s1. The quantitative estimate of drug-likeness (QED) is 0.471. The molecule has 0 unspecified atom stereocenters. The summed E-state index contributed by atoms with van der Waals surface area (Å²) < 4.78 is 30.0. The van der Waals surface area contributed by atoms with Crippen LogP contribution >= 0.6 is 7.60 Å². The van der Waals surface area contributed by atoms with E-state index in [1.54, 1.807) is 34.6 Å². The Morgan fingerprint density at radius 1 is 1.08 bits per heavy atom. The molecular formula is C18H29O5P. The zero-order valence-electron chi connectivity index (χ0n) is 15.4. The molecule has 0 aliphatic carbocycles. The fourth-order valence-electron chi connectivity index (χ4n) is 2.57. The molecule has 24 heavy (non-hydrogen) atoms. The molecule has 1 rings (SSSR count). The topological polar surface area (TPSA) is 61.8 Å². The van der Waals surface area contributed by atoms with E-state index in [0.717, 1.165) is 5.56 Å². The van der Waals surface area contributed by atoms with Crippen LogP contribution in [0.2, 0.25) is 0 Å². The van der Waals surface area contributed by atoms with Gasteiger partial charge in [-0.1, -0.05) is 37.3 Å². The van der Waals surface area contributed by atoms with Gasteiger partial charge in [0.25, 0.3) is 0 Å². The average Bonchev–Trinajstić information content (AvgIpc) is 2.53. The number of carbonyl (C=O) groups is 1. The lowest BCUT2D eigenvalue weighted by Crippen LogP contribution is -2.44. The summed E-state index contributed by atoms with van der Waals surface area (Å²) in [6.45, 7) is 10.8. The highest BCUT2D eigenvalue weighted by atomic mass is 31.2. The lowest BCUT2D eigenvalue weighted by Gasteiger charge is -2.38. The first-order valence-corrected chi connectivity index (χ1v) is 9.92. The number of carbonyl (C=O) groups excluding carboxylic acids is 1. The summed E-state index contributed by atoms with van der Waals surface area (Å²) in [6, 6.07) is 9.45. The van der Waals surface area contributed by atoms with Crippen LogP contribution < -0.4 is 0 Å². The molecule has 136 valence electrons. The van der Waals surface area contributed by atoms with Gasteiger partial charge >= 0.3 is 13.6 Å². The fraction of sp³-hybridized carbons (Fsp3) is 0.611. The third kappa shape index (κ3) is 4.27. The summed E-state index contributed by atoms with van der Waals surface area (Å²) in [5.74, 6) is -0.979. The van der Waals surface area contributed by atoms with Gasteiger partial charge in [0, 0.05) is 5.92 Å². The summed E-state index contributed by atoms with van der Waals surface area (Å²) in [7, 11) is -3.75. The first kappa shape index (κ1) is 20.9. The van der Waals surface area contributed by atoms with E-state index < -0.39 is 24.6 Å². The van der Waals surface area contributed by atoms with Crippen LogP contribution in [0.4, 0.5) is 0 Å². The van der Waals surface area contributed by atoms with Gasteiger partial charge in [0.1, 0.15) is 0 Å². The summed E-state index contributed by atoms with van der Waals surface area (Å²) >= 11 is 0. The van der Waals surface area contributed by atoms with Crippen molar-refractivity contribution in [3.8, 4) is 0 Å². The van der Waals surface area contributed by atoms with Crippen LogP contribution in [0, 0.1) is 0 Å². The Kier molecular flexibility index (Phi) is 7.65. The first-order valence-electron chi connectivity index (χ1n) is 8.38. The van der Waals surface area contributed by atoms with Gasteiger partial charge < -0.3 is 13.8 Å². The van der Waals surface area contributed by atoms with E-state index in [4.69, 9.17) is 13.8 Å². The Bertz CT molecular complexity index is 562. The smallest absolute Gasteiger partial charge is 0.348 e. The molecule has 0 bridgehead atoms. The van der Waals surface area contributed by atoms with Gasteiger partial charge in [-0.15, -0.1) is 0 Å². The number of hydrogen-bond acceptors (Lipinski definition) is 5. The van der Waals surface area contributed by atoms with Gasteiger partial charge in [0.15, 0.2) is 5.16 Å². The minimum absolute atomic E-state index is 0.184. The molecule has 0 saturated heterocycles. The summed E-state index contributed by atoms with van der Waals surface area (Å²) in [6.07, 6.45) is -0.323. The zero-order chi connectivity index (χ0) is 18.4. The molecule has 0 amide bonds. The van der Waals surface area contributed by atoms with Crippen molar-refractivity contribution < 1.29 is 23.1 Å². The Labute approximate surface area is 145 Å². The van der Waals surface area contributed by atoms with Crippen LogP contribution in [-0.2, 0) is 23.1 Å². The highest BCUT2D eigenvalue weighted by Gasteiger charge is 2.58. The summed E-state index contributed by atoms with van der Waals surface area (Å²) in [5, 5.41) is -1.44. The van der Waals surface area contributed by atoms with Crippen LogP contribution in [0.1, 0.15) is 53.0 Å². The van der Waals surface area contributed by atoms with Gasteiger partial charge in [-0.2, -0.15) is 0 Å². The molecule has 0 heterocycles. The van der Waals surface area contributed by atoms with Crippen molar-refractivity contribution >= 4 is 13.6 Å². The van der Waals surface area contributed by atoms with Crippen LogP contribution in [-0.4, -0.2) is 30.4 Å². The van der Waals surface area contributed by atoms with E-state index >= 15 is 0 Å². The van der Waals surface area contributed by atoms with E-state index in [2.05, 4.69) is 0 Å². The molecular weight excluding hydrogens is 327 g/mol. The number of hydrogen-bond donors (Lipinski definition) is 0. The first-order chi connectivity index (χ1) is 11.2. The molecule has 1 aromatic carbocycles. The minimum Gasteiger partial charge on any atom is -0.462 e. The maximum Gasteiger partial charge on any atom is 0.348 e. The summed E-state index contributed by atoms with van der Waals surface area (Å²) in [5.41, 5.74) is 0.875. The van der Waals surface area contributed by atoms with Crippen molar-refractivity contribution in [1.82, 2.24) is 0 Å². The Balaban J connectivity index is 3.44. The molecule has 1 aromatic rings. The van der Waals surface area contributed by atoms with Crippen molar-refractivity contribution in [2.75, 3.05) is 13.2 Å². The molecule has 0 N–H and O–H groups in total. The molecule has 0 fully saturated rings. The van der Waals surface area contributed by atoms with Crippen molar-refractivity contribution in [3.05, 3.63) is 35.9 Å². The van der Waals surface area contributed by atoms with Gasteiger partial charge in [0.05, 0.1) is 19.3 Å². The molecule has 0 aliphatic heterocycles. The monoisotopic (exact) mass is 356 g/mol. The van der Waals surface area contributed by atoms with Crippen LogP contribution in [0.5, 0.6) is 0 Å². The van der Waals surface area contributed by atoms with E-state index in [-0.39, 0.29) is 19.3 Å². The normalized spacial score (nSPS) is 15.8. The molecule has 6 heteroatoms. The van der Waals surface area contributed by atoms with E-state index in [1.807, 2.05) is 37.3 Å². The van der Waals surface area contributed by atoms with Gasteiger partial charge in [-0.05, 0) is 40.2 Å². The SMILES string of the molecule is CCOP(=O)(OCC)[C@](C)(C(=O)OC(C)C)[C@@H](C)c1ccccc1. The van der Waals surface area contributed by atoms with Gasteiger partial charge in [-0.3, -0.25) is 9.36 Å². The lowest BCUT2D eigenvalue weighted by molar-refractivity contribution is -0.151. The van der Waals surface area contributed by atoms with Crippen molar-refractivity contribution in [1.29, 1.82) is 0 Å². The fourth-order valence-corrected chi connectivity index (χ4v) is 4.76. The van der Waals surface area contributed by atoms with Gasteiger partial charge in [-0.25, -0.2) is 0 Å². The average molecular weight is 356 g/mol. The molecule has 2 atom stereocenters. The van der Waals surface area contributed by atoms with E-state index in [9.17, 15) is 9.36 Å². The molecule has 0 aromatic heterocycles. The minimum atomic E-state index is -3.75. The van der Waals surface area contributed by atoms with Crippen LogP contribution in [0.25, 0.3) is 0 Å². The Hall–Kier alpha value is -1.16. The number of esters is 1. The Morgan fingerprint density at radius 3 is 2.00 bits per heavy atom. The summed E-state index contributed by atoms with van der Waals surface area (Å²) in [4.78, 5) is 12.9. The molecule has 0 spiro atoms. The molecule has 0 saturated carbocycles. The molecule has 0 aliphatic rings. The van der Waals surface area contributed by atoms with Crippen molar-refractivity contribution in [3.63, 3.8) is 0 Å². The lowest BCUT2D eigenvalue weighted by atomic mass is 9.88. The zero-order valence-corrected chi connectivity index (χ0v) is 16.3. The van der Waals surface area contributed by atoms with E-state index in [0.29, 0.717) is 0 Å². The second-order valence-corrected chi connectivity index (χ2v) is 8.51. The predicted molar refractivity (Wildman–Crippen MR) is 95.3 cm³/mol. The number of rotatable bonds is 9. The van der Waals surface area contributed by atoms with Crippen molar-refractivity contribution in [2.24, 2.45) is 0 Å². The second kappa shape index (κ2) is 8.80. The van der Waals surface area contributed by atoms with Crippen LogP contribution in [0.15, 0.2) is 30.3 Å². The Morgan fingerprint density at radius 2 is 1.58 bits per heavy atom. The molecule has 5 nitrogen and oxygen atoms in total. The van der Waals surface area contributed by atoms with Crippen molar-refractivity contribution in [2.45, 2.75) is 58.7 Å². The largest absolute Gasteiger partial charge is 0.462 e. The number of benzene rings is 1. The maximum atomic E-state index is 13.5. The highest BCUT2D eigenvalue weighted by Crippen LogP contribution is 2.65. The maximum absolute atomic E-state index is 13.5. The third-order valence-corrected chi connectivity index (χ3v) is 6.97. The highest BCUT2D eigenvalue weighted by molar-refractivity contribution is 7.56.